The summed E-state index contributed by atoms with van der Waals surface area (Å²) in [5.41, 5.74) is 2.89. The summed E-state index contributed by atoms with van der Waals surface area (Å²) in [6, 6.07) is 17.2. The van der Waals surface area contributed by atoms with Gasteiger partial charge in [0.05, 0.1) is 5.52 Å². The molecule has 0 spiro atoms. The summed E-state index contributed by atoms with van der Waals surface area (Å²) in [4.78, 5) is 16.6. The Labute approximate surface area is 128 Å². The van der Waals surface area contributed by atoms with Crippen molar-refractivity contribution in [2.45, 2.75) is 12.8 Å². The third-order valence-electron chi connectivity index (χ3n) is 3.42. The highest BCUT2D eigenvalue weighted by Crippen LogP contribution is 2.18. The summed E-state index contributed by atoms with van der Waals surface area (Å²) in [6.45, 7) is 0. The van der Waals surface area contributed by atoms with Crippen LogP contribution in [0.15, 0.2) is 60.8 Å². The number of hydrogen-bond donors (Lipinski definition) is 0. The normalized spacial score (nSPS) is 10.7. The number of para-hydroxylation sites is 1. The maximum atomic E-state index is 12.3. The highest BCUT2D eigenvalue weighted by atomic mass is 35.5. The number of benzene rings is 2. The van der Waals surface area contributed by atoms with Crippen LogP contribution < -0.4 is 0 Å². The number of aromatic nitrogens is 1. The first-order chi connectivity index (χ1) is 10.2. The van der Waals surface area contributed by atoms with Gasteiger partial charge in [-0.05, 0) is 35.4 Å². The molecule has 3 heteroatoms. The highest BCUT2D eigenvalue weighted by Gasteiger charge is 2.08. The lowest BCUT2D eigenvalue weighted by molar-refractivity contribution is -0.117. The van der Waals surface area contributed by atoms with E-state index in [1.54, 1.807) is 6.20 Å². The molecule has 1 aromatic heterocycles. The molecule has 3 rings (SSSR count). The standard InChI is InChI=1S/C18H14ClNO/c19-15-5-3-4-13(10-15)11-16(21)12-14-8-9-20-18-7-2-1-6-17(14)18/h1-10H,11-12H2. The van der Waals surface area contributed by atoms with E-state index in [2.05, 4.69) is 4.98 Å². The summed E-state index contributed by atoms with van der Waals surface area (Å²) in [6.07, 6.45) is 2.57. The van der Waals surface area contributed by atoms with Crippen molar-refractivity contribution in [1.29, 1.82) is 0 Å². The molecule has 3 aromatic rings. The molecule has 0 atom stereocenters. The molecule has 0 saturated heterocycles. The van der Waals surface area contributed by atoms with Gasteiger partial charge in [0.15, 0.2) is 0 Å². The van der Waals surface area contributed by atoms with Gasteiger partial charge in [-0.1, -0.05) is 41.9 Å². The molecule has 0 N–H and O–H groups in total. The predicted octanol–water partition coefficient (Wildman–Crippen LogP) is 4.24. The summed E-state index contributed by atoms with van der Waals surface area (Å²) in [5.74, 6) is 0.175. The van der Waals surface area contributed by atoms with Gasteiger partial charge >= 0.3 is 0 Å². The fourth-order valence-electron chi connectivity index (χ4n) is 2.46. The fraction of sp³-hybridized carbons (Fsp3) is 0.111. The quantitative estimate of drug-likeness (QED) is 0.720. The summed E-state index contributed by atoms with van der Waals surface area (Å²) < 4.78 is 0. The van der Waals surface area contributed by atoms with Crippen molar-refractivity contribution in [2.75, 3.05) is 0 Å². The zero-order valence-corrected chi connectivity index (χ0v) is 12.2. The first kappa shape index (κ1) is 13.8. The SMILES string of the molecule is O=C(Cc1cccc(Cl)c1)Cc1ccnc2ccccc12. The Morgan fingerprint density at radius 1 is 1.00 bits per heavy atom. The average molecular weight is 296 g/mol. The number of Topliss-reactive ketones (excluding diaryl/α,β-unsaturated/α-hetero) is 1. The Kier molecular flexibility index (Phi) is 3.98. The van der Waals surface area contributed by atoms with E-state index in [1.807, 2.05) is 54.6 Å². The molecule has 2 nitrogen and oxygen atoms in total. The number of halogens is 1. The number of pyridine rings is 1. The Morgan fingerprint density at radius 3 is 2.71 bits per heavy atom. The van der Waals surface area contributed by atoms with Gasteiger partial charge in [-0.15, -0.1) is 0 Å². The second kappa shape index (κ2) is 6.06. The van der Waals surface area contributed by atoms with Gasteiger partial charge in [0.25, 0.3) is 0 Å². The van der Waals surface area contributed by atoms with Crippen LogP contribution in [0.3, 0.4) is 0 Å². The smallest absolute Gasteiger partial charge is 0.141 e. The van der Waals surface area contributed by atoms with Crippen molar-refractivity contribution in [3.63, 3.8) is 0 Å². The molecular formula is C18H14ClNO. The van der Waals surface area contributed by atoms with E-state index < -0.39 is 0 Å². The van der Waals surface area contributed by atoms with E-state index in [9.17, 15) is 4.79 Å². The van der Waals surface area contributed by atoms with Gasteiger partial charge in [-0.3, -0.25) is 9.78 Å². The number of ketones is 1. The van der Waals surface area contributed by atoms with Gasteiger partial charge in [0.1, 0.15) is 5.78 Å². The van der Waals surface area contributed by atoms with Gasteiger partial charge in [-0.2, -0.15) is 0 Å². The van der Waals surface area contributed by atoms with Crippen LogP contribution in [0.4, 0.5) is 0 Å². The minimum Gasteiger partial charge on any atom is -0.299 e. The molecule has 0 aliphatic carbocycles. The van der Waals surface area contributed by atoms with Crippen LogP contribution in [-0.4, -0.2) is 10.8 Å². The highest BCUT2D eigenvalue weighted by molar-refractivity contribution is 6.30. The van der Waals surface area contributed by atoms with Gasteiger partial charge < -0.3 is 0 Å². The predicted molar refractivity (Wildman–Crippen MR) is 85.6 cm³/mol. The second-order valence-corrected chi connectivity index (χ2v) is 5.45. The molecule has 0 aliphatic rings. The lowest BCUT2D eigenvalue weighted by Gasteiger charge is -2.06. The fourth-order valence-corrected chi connectivity index (χ4v) is 2.67. The zero-order valence-electron chi connectivity index (χ0n) is 11.4. The zero-order chi connectivity index (χ0) is 14.7. The molecule has 0 unspecified atom stereocenters. The number of nitrogens with zero attached hydrogens (tertiary/aromatic N) is 1. The van der Waals surface area contributed by atoms with E-state index in [0.717, 1.165) is 22.0 Å². The lowest BCUT2D eigenvalue weighted by Crippen LogP contribution is -2.07. The van der Waals surface area contributed by atoms with E-state index in [0.29, 0.717) is 17.9 Å². The van der Waals surface area contributed by atoms with Crippen LogP contribution in [0.2, 0.25) is 5.02 Å². The Hall–Kier alpha value is -2.19. The van der Waals surface area contributed by atoms with Gasteiger partial charge in [0, 0.05) is 29.4 Å². The van der Waals surface area contributed by atoms with E-state index in [1.165, 1.54) is 0 Å². The molecule has 104 valence electrons. The van der Waals surface area contributed by atoms with Crippen LogP contribution >= 0.6 is 11.6 Å². The van der Waals surface area contributed by atoms with Crippen LogP contribution in [-0.2, 0) is 17.6 Å². The molecule has 2 aromatic carbocycles. The van der Waals surface area contributed by atoms with Crippen molar-refractivity contribution in [3.05, 3.63) is 76.9 Å². The topological polar surface area (TPSA) is 30.0 Å². The average Bonchev–Trinajstić information content (AvgIpc) is 2.47. The summed E-state index contributed by atoms with van der Waals surface area (Å²) >= 11 is 5.95. The van der Waals surface area contributed by atoms with Crippen molar-refractivity contribution >= 4 is 28.3 Å². The molecule has 0 radical (unpaired) electrons. The first-order valence-corrected chi connectivity index (χ1v) is 7.19. The van der Waals surface area contributed by atoms with Crippen LogP contribution in [0, 0.1) is 0 Å². The summed E-state index contributed by atoms with van der Waals surface area (Å²) in [7, 11) is 0. The van der Waals surface area contributed by atoms with Crippen molar-refractivity contribution in [3.8, 4) is 0 Å². The number of fused-ring (bicyclic) bond motifs is 1. The Balaban J connectivity index is 1.80. The number of rotatable bonds is 4. The molecule has 21 heavy (non-hydrogen) atoms. The van der Waals surface area contributed by atoms with Gasteiger partial charge in [-0.25, -0.2) is 0 Å². The third-order valence-corrected chi connectivity index (χ3v) is 3.65. The molecule has 1 heterocycles. The number of hydrogen-bond acceptors (Lipinski definition) is 2. The summed E-state index contributed by atoms with van der Waals surface area (Å²) in [5, 5.41) is 1.70. The molecule has 0 fully saturated rings. The maximum Gasteiger partial charge on any atom is 0.141 e. The molecule has 0 bridgehead atoms. The van der Waals surface area contributed by atoms with Crippen molar-refractivity contribution < 1.29 is 4.79 Å². The Bertz CT molecular complexity index is 793. The van der Waals surface area contributed by atoms with E-state index in [-0.39, 0.29) is 5.78 Å². The molecular weight excluding hydrogens is 282 g/mol. The monoisotopic (exact) mass is 295 g/mol. The second-order valence-electron chi connectivity index (χ2n) is 5.01. The van der Waals surface area contributed by atoms with Gasteiger partial charge in [0.2, 0.25) is 0 Å². The minimum absolute atomic E-state index is 0.175. The van der Waals surface area contributed by atoms with E-state index >= 15 is 0 Å². The molecule has 0 saturated carbocycles. The number of carbonyl (C=O) groups excluding carboxylic acids is 1. The van der Waals surface area contributed by atoms with Crippen LogP contribution in [0.5, 0.6) is 0 Å². The number of carbonyl (C=O) groups is 1. The largest absolute Gasteiger partial charge is 0.299 e. The Morgan fingerprint density at radius 2 is 1.86 bits per heavy atom. The lowest BCUT2D eigenvalue weighted by atomic mass is 10.0. The maximum absolute atomic E-state index is 12.3. The molecule has 0 aliphatic heterocycles. The first-order valence-electron chi connectivity index (χ1n) is 6.81. The van der Waals surface area contributed by atoms with Crippen LogP contribution in [0.25, 0.3) is 10.9 Å². The van der Waals surface area contributed by atoms with Crippen LogP contribution in [0.1, 0.15) is 11.1 Å². The van der Waals surface area contributed by atoms with Crippen molar-refractivity contribution in [1.82, 2.24) is 4.98 Å². The van der Waals surface area contributed by atoms with Crippen molar-refractivity contribution in [2.24, 2.45) is 0 Å². The minimum atomic E-state index is 0.175. The molecule has 0 amide bonds. The van der Waals surface area contributed by atoms with E-state index in [4.69, 9.17) is 11.6 Å². The third kappa shape index (κ3) is 3.29.